The number of aliphatic carboxylic acids is 1. The molecule has 0 spiro atoms. The summed E-state index contributed by atoms with van der Waals surface area (Å²) in [5, 5.41) is 18.1. The minimum atomic E-state index is -1.32. The van der Waals surface area contributed by atoms with E-state index < -0.39 is 17.9 Å². The first-order valence-electron chi connectivity index (χ1n) is 3.43. The van der Waals surface area contributed by atoms with Crippen LogP contribution in [-0.2, 0) is 9.59 Å². The Morgan fingerprint density at radius 2 is 2.15 bits per heavy atom. The first kappa shape index (κ1) is 9.27. The fourth-order valence-electron chi connectivity index (χ4n) is 0.944. The van der Waals surface area contributed by atoms with Crippen molar-refractivity contribution < 1.29 is 19.9 Å². The van der Waals surface area contributed by atoms with Crippen LogP contribution in [-0.4, -0.2) is 33.3 Å². The Bertz CT molecular complexity index is 308. The molecule has 1 unspecified atom stereocenters. The number of hydrogen-bond acceptors (Lipinski definition) is 4. The lowest BCUT2D eigenvalue weighted by Gasteiger charge is -2.24. The number of carbonyl (C=O) groups is 2. The standard InChI is InChI=1S/C7H8N2O4/c8-6(10)4-2-1-3-5(7(11)12)9(4)13/h1-4,13H,(H2,8,10)(H,11,12). The topological polar surface area (TPSA) is 104 Å². The van der Waals surface area contributed by atoms with Crippen molar-refractivity contribution in [1.29, 1.82) is 0 Å². The summed E-state index contributed by atoms with van der Waals surface area (Å²) >= 11 is 0. The van der Waals surface area contributed by atoms with Crippen LogP contribution in [0.4, 0.5) is 0 Å². The Balaban J connectivity index is 2.93. The third-order valence-electron chi connectivity index (χ3n) is 1.57. The summed E-state index contributed by atoms with van der Waals surface area (Å²) in [5.74, 6) is -2.14. The van der Waals surface area contributed by atoms with Crippen LogP contribution in [0, 0.1) is 0 Å². The molecule has 4 N–H and O–H groups in total. The third kappa shape index (κ3) is 1.67. The van der Waals surface area contributed by atoms with Crippen LogP contribution in [0.5, 0.6) is 0 Å². The van der Waals surface area contributed by atoms with Crippen LogP contribution in [0.1, 0.15) is 0 Å². The van der Waals surface area contributed by atoms with Gasteiger partial charge in [-0.05, 0) is 6.08 Å². The van der Waals surface area contributed by atoms with Crippen molar-refractivity contribution in [3.05, 3.63) is 23.9 Å². The number of hydrogen-bond donors (Lipinski definition) is 3. The van der Waals surface area contributed by atoms with Gasteiger partial charge in [-0.3, -0.25) is 10.0 Å². The van der Waals surface area contributed by atoms with Crippen molar-refractivity contribution in [3.63, 3.8) is 0 Å². The molecule has 1 heterocycles. The molecule has 1 amide bonds. The van der Waals surface area contributed by atoms with Crippen LogP contribution in [0.25, 0.3) is 0 Å². The van der Waals surface area contributed by atoms with E-state index in [4.69, 9.17) is 10.8 Å². The monoisotopic (exact) mass is 184 g/mol. The van der Waals surface area contributed by atoms with Crippen LogP contribution >= 0.6 is 0 Å². The molecule has 6 heteroatoms. The minimum absolute atomic E-state index is 0.324. The van der Waals surface area contributed by atoms with Gasteiger partial charge in [0.25, 0.3) is 0 Å². The van der Waals surface area contributed by atoms with E-state index >= 15 is 0 Å². The van der Waals surface area contributed by atoms with Gasteiger partial charge in [0.15, 0.2) is 6.04 Å². The molecule has 0 aromatic heterocycles. The Hall–Kier alpha value is -1.82. The van der Waals surface area contributed by atoms with Crippen molar-refractivity contribution in [2.75, 3.05) is 0 Å². The molecule has 0 saturated heterocycles. The zero-order valence-corrected chi connectivity index (χ0v) is 6.54. The smallest absolute Gasteiger partial charge is 0.354 e. The number of rotatable bonds is 2. The third-order valence-corrected chi connectivity index (χ3v) is 1.57. The maximum atomic E-state index is 10.7. The van der Waals surface area contributed by atoms with Crippen LogP contribution in [0.2, 0.25) is 0 Å². The summed E-state index contributed by atoms with van der Waals surface area (Å²) in [6.45, 7) is 0. The molecular formula is C7H8N2O4. The summed E-state index contributed by atoms with van der Waals surface area (Å²) in [6, 6.07) is -1.11. The predicted molar refractivity (Wildman–Crippen MR) is 41.5 cm³/mol. The van der Waals surface area contributed by atoms with Crippen LogP contribution in [0.15, 0.2) is 23.9 Å². The first-order valence-corrected chi connectivity index (χ1v) is 3.43. The molecule has 1 aliphatic heterocycles. The molecule has 1 rings (SSSR count). The highest BCUT2D eigenvalue weighted by Gasteiger charge is 2.27. The highest BCUT2D eigenvalue weighted by Crippen LogP contribution is 2.13. The lowest BCUT2D eigenvalue weighted by molar-refractivity contribution is -0.150. The quantitative estimate of drug-likeness (QED) is 0.514. The molecule has 6 nitrogen and oxygen atoms in total. The molecule has 1 aliphatic rings. The van der Waals surface area contributed by atoms with E-state index in [1.807, 2.05) is 0 Å². The molecule has 0 radical (unpaired) electrons. The Morgan fingerprint density at radius 1 is 1.54 bits per heavy atom. The van der Waals surface area contributed by atoms with Crippen molar-refractivity contribution >= 4 is 11.9 Å². The number of carboxylic acid groups (broad SMARTS) is 1. The maximum absolute atomic E-state index is 10.7. The van der Waals surface area contributed by atoms with Crippen LogP contribution in [0.3, 0.4) is 0 Å². The molecule has 13 heavy (non-hydrogen) atoms. The average molecular weight is 184 g/mol. The average Bonchev–Trinajstić information content (AvgIpc) is 2.03. The molecular weight excluding hydrogens is 176 g/mol. The number of amides is 1. The second-order valence-electron chi connectivity index (χ2n) is 2.43. The van der Waals surface area contributed by atoms with E-state index in [1.54, 1.807) is 0 Å². The summed E-state index contributed by atoms with van der Waals surface area (Å²) < 4.78 is 0. The van der Waals surface area contributed by atoms with Crippen LogP contribution < -0.4 is 5.73 Å². The second kappa shape index (κ2) is 3.28. The van der Waals surface area contributed by atoms with Crippen molar-refractivity contribution in [3.8, 4) is 0 Å². The van der Waals surface area contributed by atoms with Gasteiger partial charge < -0.3 is 10.8 Å². The van der Waals surface area contributed by atoms with E-state index in [9.17, 15) is 14.8 Å². The highest BCUT2D eigenvalue weighted by atomic mass is 16.5. The minimum Gasteiger partial charge on any atom is -0.477 e. The summed E-state index contributed by atoms with van der Waals surface area (Å²) in [7, 11) is 0. The Morgan fingerprint density at radius 3 is 2.62 bits per heavy atom. The van der Waals surface area contributed by atoms with Gasteiger partial charge in [0.05, 0.1) is 0 Å². The number of primary amides is 1. The second-order valence-corrected chi connectivity index (χ2v) is 2.43. The van der Waals surface area contributed by atoms with E-state index in [2.05, 4.69) is 0 Å². The molecule has 0 fully saturated rings. The fraction of sp³-hybridized carbons (Fsp3) is 0.143. The van der Waals surface area contributed by atoms with Gasteiger partial charge in [0.2, 0.25) is 5.91 Å². The lowest BCUT2D eigenvalue weighted by Crippen LogP contribution is -2.43. The Labute approximate surface area is 73.5 Å². The van der Waals surface area contributed by atoms with Crippen molar-refractivity contribution in [1.82, 2.24) is 5.06 Å². The number of carboxylic acids is 1. The van der Waals surface area contributed by atoms with E-state index in [-0.39, 0.29) is 5.70 Å². The summed E-state index contributed by atoms with van der Waals surface area (Å²) in [4.78, 5) is 21.2. The SMILES string of the molecule is NC(=O)C1C=CC=C(C(=O)O)N1O. The zero-order valence-electron chi connectivity index (χ0n) is 6.54. The molecule has 0 bridgehead atoms. The zero-order chi connectivity index (χ0) is 10.0. The number of allylic oxidation sites excluding steroid dienone is 2. The number of nitrogens with two attached hydrogens (primary N) is 1. The van der Waals surface area contributed by atoms with Crippen molar-refractivity contribution in [2.24, 2.45) is 5.73 Å². The van der Waals surface area contributed by atoms with Gasteiger partial charge in [-0.2, -0.15) is 0 Å². The van der Waals surface area contributed by atoms with Gasteiger partial charge in [-0.25, -0.2) is 9.86 Å². The predicted octanol–water partition coefficient (Wildman–Crippen LogP) is -0.930. The molecule has 1 atom stereocenters. The van der Waals surface area contributed by atoms with Gasteiger partial charge in [0.1, 0.15) is 5.70 Å². The number of carbonyl (C=O) groups excluding carboxylic acids is 1. The maximum Gasteiger partial charge on any atom is 0.354 e. The summed E-state index contributed by atoms with van der Waals surface area (Å²) in [6.07, 6.45) is 3.82. The van der Waals surface area contributed by atoms with E-state index in [0.29, 0.717) is 5.06 Å². The van der Waals surface area contributed by atoms with E-state index in [1.165, 1.54) is 18.2 Å². The van der Waals surface area contributed by atoms with Gasteiger partial charge in [-0.15, -0.1) is 0 Å². The van der Waals surface area contributed by atoms with Gasteiger partial charge in [0, 0.05) is 0 Å². The largest absolute Gasteiger partial charge is 0.477 e. The molecule has 0 aromatic carbocycles. The molecule has 0 saturated carbocycles. The Kier molecular flexibility index (Phi) is 2.34. The molecule has 0 aliphatic carbocycles. The first-order chi connectivity index (χ1) is 6.04. The fourth-order valence-corrected chi connectivity index (χ4v) is 0.944. The number of hydroxylamine groups is 2. The highest BCUT2D eigenvalue weighted by molar-refractivity contribution is 5.89. The van der Waals surface area contributed by atoms with Gasteiger partial charge >= 0.3 is 5.97 Å². The number of nitrogens with zero attached hydrogens (tertiary/aromatic N) is 1. The molecule has 0 aromatic rings. The normalized spacial score (nSPS) is 21.2. The van der Waals surface area contributed by atoms with Crippen molar-refractivity contribution in [2.45, 2.75) is 6.04 Å². The lowest BCUT2D eigenvalue weighted by atomic mass is 10.1. The molecule has 70 valence electrons. The van der Waals surface area contributed by atoms with E-state index in [0.717, 1.165) is 0 Å². The van der Waals surface area contributed by atoms with Gasteiger partial charge in [-0.1, -0.05) is 12.2 Å². The summed E-state index contributed by atoms with van der Waals surface area (Å²) in [5.41, 5.74) is 4.52.